The maximum absolute atomic E-state index is 9.04. The number of hydrogen-bond acceptors (Lipinski definition) is 5. The van der Waals surface area contributed by atoms with Gasteiger partial charge in [-0.1, -0.05) is 36.4 Å². The first-order valence-corrected chi connectivity index (χ1v) is 10.4. The van der Waals surface area contributed by atoms with Gasteiger partial charge in [0.05, 0.1) is 23.0 Å². The minimum absolute atomic E-state index is 0.0208. The molecule has 0 atom stereocenters. The molecule has 2 aromatic heterocycles. The molecule has 0 saturated heterocycles. The van der Waals surface area contributed by atoms with Gasteiger partial charge in [0.2, 0.25) is 0 Å². The number of nitrogens with one attached hydrogen (secondary N) is 2. The minimum Gasteiger partial charge on any atom is -0.403 e. The summed E-state index contributed by atoms with van der Waals surface area (Å²) in [4.78, 5) is 2.50. The van der Waals surface area contributed by atoms with Crippen molar-refractivity contribution in [3.8, 4) is 27.0 Å². The van der Waals surface area contributed by atoms with Crippen molar-refractivity contribution in [2.75, 3.05) is 10.5 Å². The Bertz CT molecular complexity index is 1060. The third-order valence-corrected chi connectivity index (χ3v) is 6.54. The van der Waals surface area contributed by atoms with E-state index in [0.29, 0.717) is 5.56 Å². The lowest BCUT2D eigenvalue weighted by molar-refractivity contribution is 1.49. The van der Waals surface area contributed by atoms with Gasteiger partial charge in [0.15, 0.2) is 0 Å². The molecule has 2 N–H and O–H groups in total. The molecule has 0 aliphatic carbocycles. The van der Waals surface area contributed by atoms with Crippen LogP contribution in [0.15, 0.2) is 71.4 Å². The molecule has 4 aromatic rings. The molecule has 3 nitrogen and oxygen atoms in total. The monoisotopic (exact) mass is 383 g/mol. The van der Waals surface area contributed by atoms with Gasteiger partial charge in [-0.25, -0.2) is 0 Å². The summed E-state index contributed by atoms with van der Waals surface area (Å²) in [5.41, 5.74) is 6.48. The Balaban J connectivity index is 1.61. The number of benzene rings is 2. The number of nitriles is 1. The molecule has 3 heterocycles. The second-order valence-electron chi connectivity index (χ2n) is 6.32. The predicted molar refractivity (Wildman–Crippen MR) is 117 cm³/mol. The van der Waals surface area contributed by atoms with E-state index in [1.165, 1.54) is 20.9 Å². The van der Waals surface area contributed by atoms with Crippen LogP contribution in [-0.2, 0) is 0 Å². The molecular formula is C21H14BN3S2. The average Bonchev–Trinajstić information content (AvgIpc) is 3.48. The highest BCUT2D eigenvalue weighted by molar-refractivity contribution is 7.14. The van der Waals surface area contributed by atoms with E-state index in [1.54, 1.807) is 22.7 Å². The Labute approximate surface area is 166 Å². The Hall–Kier alpha value is -3.01. The molecule has 0 radical (unpaired) electrons. The average molecular weight is 383 g/mol. The molecule has 0 unspecified atom stereocenters. The van der Waals surface area contributed by atoms with E-state index in [1.807, 2.05) is 24.3 Å². The molecule has 0 fully saturated rings. The lowest BCUT2D eigenvalue weighted by atomic mass is 9.69. The van der Waals surface area contributed by atoms with Crippen molar-refractivity contribution in [3.63, 3.8) is 0 Å². The van der Waals surface area contributed by atoms with Crippen LogP contribution in [0.4, 0.5) is 11.4 Å². The van der Waals surface area contributed by atoms with Gasteiger partial charge in [0.25, 0.3) is 0 Å². The normalized spacial score (nSPS) is 12.2. The summed E-state index contributed by atoms with van der Waals surface area (Å²) in [6, 6.07) is 22.8. The summed E-state index contributed by atoms with van der Waals surface area (Å²) >= 11 is 3.49. The largest absolute Gasteiger partial charge is 0.406 e. The summed E-state index contributed by atoms with van der Waals surface area (Å²) in [5.74, 6) is 0. The number of fused-ring (bicyclic) bond motifs is 1. The highest BCUT2D eigenvalue weighted by Crippen LogP contribution is 2.46. The Kier molecular flexibility index (Phi) is 3.97. The van der Waals surface area contributed by atoms with E-state index < -0.39 is 0 Å². The Morgan fingerprint density at radius 3 is 1.74 bits per heavy atom. The summed E-state index contributed by atoms with van der Waals surface area (Å²) in [5, 5.41) is 20.6. The maximum Gasteiger partial charge on any atom is 0.406 e. The highest BCUT2D eigenvalue weighted by Gasteiger charge is 2.31. The zero-order valence-corrected chi connectivity index (χ0v) is 15.9. The van der Waals surface area contributed by atoms with Crippen molar-refractivity contribution >= 4 is 46.5 Å². The minimum atomic E-state index is -0.0208. The highest BCUT2D eigenvalue weighted by atomic mass is 32.1. The summed E-state index contributed by atoms with van der Waals surface area (Å²) in [6.07, 6.45) is 0. The topological polar surface area (TPSA) is 47.9 Å². The molecule has 5 rings (SSSR count). The van der Waals surface area contributed by atoms with Crippen LogP contribution in [-0.4, -0.2) is 6.98 Å². The first-order valence-electron chi connectivity index (χ1n) is 8.61. The van der Waals surface area contributed by atoms with Gasteiger partial charge in [-0.15, -0.1) is 22.7 Å². The van der Waals surface area contributed by atoms with Crippen LogP contribution in [0, 0.1) is 11.3 Å². The van der Waals surface area contributed by atoms with E-state index in [0.717, 1.165) is 16.8 Å². The van der Waals surface area contributed by atoms with Gasteiger partial charge in [0, 0.05) is 20.9 Å². The molecule has 128 valence electrons. The molecule has 0 amide bonds. The third kappa shape index (κ3) is 2.82. The smallest absolute Gasteiger partial charge is 0.403 e. The van der Waals surface area contributed by atoms with Gasteiger partial charge in [-0.3, -0.25) is 0 Å². The lowest BCUT2D eigenvalue weighted by Gasteiger charge is -2.11. The number of rotatable bonds is 3. The molecule has 1 aliphatic rings. The van der Waals surface area contributed by atoms with E-state index >= 15 is 0 Å². The summed E-state index contributed by atoms with van der Waals surface area (Å²) < 4.78 is 0. The van der Waals surface area contributed by atoms with Gasteiger partial charge >= 0.3 is 6.98 Å². The lowest BCUT2D eigenvalue weighted by Crippen LogP contribution is -2.41. The van der Waals surface area contributed by atoms with Crippen molar-refractivity contribution < 1.29 is 0 Å². The van der Waals surface area contributed by atoms with Crippen LogP contribution in [0.2, 0.25) is 0 Å². The van der Waals surface area contributed by atoms with Gasteiger partial charge in [0.1, 0.15) is 0 Å². The fourth-order valence-corrected chi connectivity index (χ4v) is 4.93. The fourth-order valence-electron chi connectivity index (χ4n) is 3.42. The Morgan fingerprint density at radius 1 is 0.741 bits per heavy atom. The standard InChI is InChI=1S/C21H14BN3S2/c23-13-14-5-7-15(8-6-14)22-24-20-16(18-3-1-11-26-18)9-10-17(21(20)25-22)19-4-2-12-27-19/h1-12,24-25H. The predicted octanol–water partition coefficient (Wildman–Crippen LogP) is 5.25. The quantitative estimate of drug-likeness (QED) is 0.475. The molecule has 0 spiro atoms. The molecule has 0 bridgehead atoms. The van der Waals surface area contributed by atoms with Crippen LogP contribution in [0.1, 0.15) is 5.56 Å². The van der Waals surface area contributed by atoms with E-state index in [9.17, 15) is 0 Å². The van der Waals surface area contributed by atoms with Crippen molar-refractivity contribution in [3.05, 3.63) is 77.0 Å². The van der Waals surface area contributed by atoms with Gasteiger partial charge < -0.3 is 10.5 Å². The van der Waals surface area contributed by atoms with E-state index in [-0.39, 0.29) is 6.98 Å². The first-order chi connectivity index (χ1) is 13.3. The van der Waals surface area contributed by atoms with Crippen LogP contribution >= 0.6 is 22.7 Å². The summed E-state index contributed by atoms with van der Waals surface area (Å²) in [7, 11) is 0. The number of nitrogens with zero attached hydrogens (tertiary/aromatic N) is 1. The second-order valence-corrected chi connectivity index (χ2v) is 8.22. The molecule has 6 heteroatoms. The van der Waals surface area contributed by atoms with Crippen molar-refractivity contribution in [2.45, 2.75) is 0 Å². The first kappa shape index (κ1) is 16.2. The molecule has 2 aromatic carbocycles. The van der Waals surface area contributed by atoms with Crippen LogP contribution in [0.3, 0.4) is 0 Å². The maximum atomic E-state index is 9.04. The van der Waals surface area contributed by atoms with Crippen molar-refractivity contribution in [1.29, 1.82) is 5.26 Å². The van der Waals surface area contributed by atoms with Crippen molar-refractivity contribution in [2.24, 2.45) is 0 Å². The van der Waals surface area contributed by atoms with Gasteiger partial charge in [-0.2, -0.15) is 5.26 Å². The second kappa shape index (κ2) is 6.62. The fraction of sp³-hybridized carbons (Fsp3) is 0. The van der Waals surface area contributed by atoms with Crippen LogP contribution in [0.25, 0.3) is 20.9 Å². The molecule has 0 saturated carbocycles. The SMILES string of the molecule is N#Cc1ccc(B2Nc3c(-c4cccs4)ccc(-c4cccs4)c3N2)cc1. The number of thiophene rings is 2. The summed E-state index contributed by atoms with van der Waals surface area (Å²) in [6.45, 7) is -0.0208. The molecule has 1 aliphatic heterocycles. The number of hydrogen-bond donors (Lipinski definition) is 2. The Morgan fingerprint density at radius 2 is 1.30 bits per heavy atom. The van der Waals surface area contributed by atoms with Crippen molar-refractivity contribution in [1.82, 2.24) is 0 Å². The van der Waals surface area contributed by atoms with Crippen LogP contribution < -0.4 is 15.9 Å². The number of anilines is 2. The third-order valence-electron chi connectivity index (χ3n) is 4.73. The van der Waals surface area contributed by atoms with Gasteiger partial charge in [-0.05, 0) is 40.5 Å². The zero-order valence-electron chi connectivity index (χ0n) is 14.3. The zero-order chi connectivity index (χ0) is 18.2. The van der Waals surface area contributed by atoms with E-state index in [4.69, 9.17) is 5.26 Å². The van der Waals surface area contributed by atoms with E-state index in [2.05, 4.69) is 63.7 Å². The molecular weight excluding hydrogens is 369 g/mol. The van der Waals surface area contributed by atoms with Crippen LogP contribution in [0.5, 0.6) is 0 Å². The molecule has 27 heavy (non-hydrogen) atoms.